The molecule has 0 saturated carbocycles. The monoisotopic (exact) mass is 382 g/mol. The standard InChI is InChI=1S/C17H24Cl2N6/c18-14-4-1-6-16(24-14)22-12-10-20-8-3-9-21-11-13-23-17-7-2-5-15(19)25-17/h1-2,4-7,20-21H,3,8-13H2,(H,22,24)(H,23,25). The van der Waals surface area contributed by atoms with E-state index in [0.717, 1.165) is 57.3 Å². The van der Waals surface area contributed by atoms with Crippen molar-refractivity contribution in [1.29, 1.82) is 0 Å². The maximum Gasteiger partial charge on any atom is 0.131 e. The molecule has 0 atom stereocenters. The first kappa shape index (κ1) is 19.7. The van der Waals surface area contributed by atoms with Crippen LogP contribution in [0, 0.1) is 0 Å². The van der Waals surface area contributed by atoms with Gasteiger partial charge in [-0.3, -0.25) is 0 Å². The van der Waals surface area contributed by atoms with Crippen LogP contribution in [0.15, 0.2) is 36.4 Å². The molecule has 8 heteroatoms. The Labute approximate surface area is 158 Å². The van der Waals surface area contributed by atoms with Gasteiger partial charge in [-0.05, 0) is 43.8 Å². The summed E-state index contributed by atoms with van der Waals surface area (Å²) in [6, 6.07) is 11.1. The van der Waals surface area contributed by atoms with E-state index in [2.05, 4.69) is 31.2 Å². The molecule has 25 heavy (non-hydrogen) atoms. The van der Waals surface area contributed by atoms with Crippen LogP contribution >= 0.6 is 23.2 Å². The van der Waals surface area contributed by atoms with Crippen molar-refractivity contribution in [2.75, 3.05) is 49.9 Å². The first-order valence-electron chi connectivity index (χ1n) is 8.38. The smallest absolute Gasteiger partial charge is 0.131 e. The molecule has 0 radical (unpaired) electrons. The van der Waals surface area contributed by atoms with Gasteiger partial charge in [-0.25, -0.2) is 9.97 Å². The maximum absolute atomic E-state index is 5.83. The Kier molecular flexibility index (Phi) is 9.36. The number of pyridine rings is 2. The zero-order valence-electron chi connectivity index (χ0n) is 14.1. The fraction of sp³-hybridized carbons (Fsp3) is 0.412. The van der Waals surface area contributed by atoms with Crippen LogP contribution in [0.2, 0.25) is 10.3 Å². The molecule has 0 spiro atoms. The Morgan fingerprint density at radius 1 is 0.640 bits per heavy atom. The van der Waals surface area contributed by atoms with Crippen LogP contribution in [0.4, 0.5) is 11.6 Å². The Bertz CT molecular complexity index is 572. The highest BCUT2D eigenvalue weighted by molar-refractivity contribution is 6.29. The van der Waals surface area contributed by atoms with Crippen molar-refractivity contribution >= 4 is 34.8 Å². The summed E-state index contributed by atoms with van der Waals surface area (Å²) in [4.78, 5) is 8.35. The second-order valence-corrected chi connectivity index (χ2v) is 6.17. The average Bonchev–Trinajstić information content (AvgIpc) is 2.60. The van der Waals surface area contributed by atoms with E-state index in [1.165, 1.54) is 0 Å². The fourth-order valence-electron chi connectivity index (χ4n) is 2.16. The summed E-state index contributed by atoms with van der Waals surface area (Å²) in [5.41, 5.74) is 0. The van der Waals surface area contributed by atoms with E-state index in [1.54, 1.807) is 12.1 Å². The normalized spacial score (nSPS) is 10.6. The van der Waals surface area contributed by atoms with Gasteiger partial charge in [0.25, 0.3) is 0 Å². The van der Waals surface area contributed by atoms with Crippen LogP contribution in [-0.2, 0) is 0 Å². The first-order valence-corrected chi connectivity index (χ1v) is 9.14. The van der Waals surface area contributed by atoms with Crippen molar-refractivity contribution in [2.45, 2.75) is 6.42 Å². The van der Waals surface area contributed by atoms with Gasteiger partial charge in [0.15, 0.2) is 0 Å². The van der Waals surface area contributed by atoms with Gasteiger partial charge in [-0.1, -0.05) is 35.3 Å². The highest BCUT2D eigenvalue weighted by Crippen LogP contribution is 2.09. The van der Waals surface area contributed by atoms with Crippen molar-refractivity contribution in [3.05, 3.63) is 46.7 Å². The molecule has 0 aliphatic carbocycles. The van der Waals surface area contributed by atoms with E-state index in [1.807, 2.05) is 24.3 Å². The fourth-order valence-corrected chi connectivity index (χ4v) is 2.49. The topological polar surface area (TPSA) is 73.9 Å². The molecule has 0 bridgehead atoms. The van der Waals surface area contributed by atoms with Crippen LogP contribution in [0.5, 0.6) is 0 Å². The minimum absolute atomic E-state index is 0.504. The predicted molar refractivity (Wildman–Crippen MR) is 106 cm³/mol. The van der Waals surface area contributed by atoms with Gasteiger partial charge in [-0.2, -0.15) is 0 Å². The lowest BCUT2D eigenvalue weighted by atomic mass is 10.4. The molecular weight excluding hydrogens is 359 g/mol. The lowest BCUT2D eigenvalue weighted by molar-refractivity contribution is 0.608. The summed E-state index contributed by atoms with van der Waals surface area (Å²) in [6.07, 6.45) is 1.07. The highest BCUT2D eigenvalue weighted by Gasteiger charge is 1.96. The van der Waals surface area contributed by atoms with Crippen molar-refractivity contribution in [3.8, 4) is 0 Å². The minimum Gasteiger partial charge on any atom is -0.369 e. The van der Waals surface area contributed by atoms with Crippen LogP contribution in [0.1, 0.15) is 6.42 Å². The van der Waals surface area contributed by atoms with Gasteiger partial charge in [0.1, 0.15) is 21.9 Å². The third kappa shape index (κ3) is 8.88. The van der Waals surface area contributed by atoms with Gasteiger partial charge in [-0.15, -0.1) is 0 Å². The zero-order chi connectivity index (χ0) is 17.7. The summed E-state index contributed by atoms with van der Waals surface area (Å²) in [6.45, 7) is 5.35. The Morgan fingerprint density at radius 3 is 1.56 bits per heavy atom. The molecule has 4 N–H and O–H groups in total. The molecule has 2 heterocycles. The van der Waals surface area contributed by atoms with Gasteiger partial charge < -0.3 is 21.3 Å². The second-order valence-electron chi connectivity index (χ2n) is 5.40. The Morgan fingerprint density at radius 2 is 1.12 bits per heavy atom. The van der Waals surface area contributed by atoms with E-state index in [9.17, 15) is 0 Å². The molecule has 0 saturated heterocycles. The molecule has 0 unspecified atom stereocenters. The molecule has 0 fully saturated rings. The van der Waals surface area contributed by atoms with E-state index in [4.69, 9.17) is 23.2 Å². The third-order valence-corrected chi connectivity index (χ3v) is 3.77. The minimum atomic E-state index is 0.504. The Balaban J connectivity index is 1.38. The van der Waals surface area contributed by atoms with Gasteiger partial charge in [0, 0.05) is 26.2 Å². The first-order chi connectivity index (χ1) is 12.2. The Hall–Kier alpha value is -1.60. The molecule has 2 rings (SSSR count). The SMILES string of the molecule is Clc1cccc(NCCNCCCNCCNc2cccc(Cl)n2)n1. The van der Waals surface area contributed by atoms with Crippen molar-refractivity contribution in [3.63, 3.8) is 0 Å². The van der Waals surface area contributed by atoms with Crippen molar-refractivity contribution in [1.82, 2.24) is 20.6 Å². The summed E-state index contributed by atoms with van der Waals surface area (Å²) in [5.74, 6) is 1.61. The molecular formula is C17H24Cl2N6. The van der Waals surface area contributed by atoms with Crippen LogP contribution in [-0.4, -0.2) is 49.2 Å². The maximum atomic E-state index is 5.83. The van der Waals surface area contributed by atoms with Crippen molar-refractivity contribution in [2.24, 2.45) is 0 Å². The lowest BCUT2D eigenvalue weighted by Gasteiger charge is -2.09. The van der Waals surface area contributed by atoms with Crippen LogP contribution in [0.25, 0.3) is 0 Å². The number of aromatic nitrogens is 2. The van der Waals surface area contributed by atoms with E-state index in [0.29, 0.717) is 10.3 Å². The number of nitrogens with one attached hydrogen (secondary N) is 4. The average molecular weight is 383 g/mol. The molecule has 0 amide bonds. The molecule has 136 valence electrons. The summed E-state index contributed by atoms with van der Waals surface area (Å²) < 4.78 is 0. The summed E-state index contributed by atoms with van der Waals surface area (Å²) in [5, 5.41) is 14.2. The molecule has 0 aliphatic heterocycles. The number of halogens is 2. The number of nitrogens with zero attached hydrogens (tertiary/aromatic N) is 2. The number of anilines is 2. The third-order valence-electron chi connectivity index (χ3n) is 3.35. The summed E-state index contributed by atoms with van der Waals surface area (Å²) >= 11 is 11.7. The molecule has 0 aliphatic rings. The predicted octanol–water partition coefficient (Wildman–Crippen LogP) is 2.88. The number of rotatable bonds is 12. The lowest BCUT2D eigenvalue weighted by Crippen LogP contribution is -2.28. The molecule has 0 aromatic carbocycles. The van der Waals surface area contributed by atoms with Crippen LogP contribution in [0.3, 0.4) is 0 Å². The van der Waals surface area contributed by atoms with E-state index < -0.39 is 0 Å². The van der Waals surface area contributed by atoms with Gasteiger partial charge >= 0.3 is 0 Å². The van der Waals surface area contributed by atoms with E-state index >= 15 is 0 Å². The highest BCUT2D eigenvalue weighted by atomic mass is 35.5. The van der Waals surface area contributed by atoms with Gasteiger partial charge in [0.05, 0.1) is 0 Å². The largest absolute Gasteiger partial charge is 0.369 e. The zero-order valence-corrected chi connectivity index (χ0v) is 15.6. The number of hydrogen-bond donors (Lipinski definition) is 4. The summed E-state index contributed by atoms with van der Waals surface area (Å²) in [7, 11) is 0. The quantitative estimate of drug-likeness (QED) is 0.334. The molecule has 6 nitrogen and oxygen atoms in total. The number of hydrogen-bond acceptors (Lipinski definition) is 6. The van der Waals surface area contributed by atoms with E-state index in [-0.39, 0.29) is 0 Å². The second kappa shape index (κ2) is 11.9. The molecule has 2 aromatic heterocycles. The van der Waals surface area contributed by atoms with Crippen LogP contribution < -0.4 is 21.3 Å². The van der Waals surface area contributed by atoms with Gasteiger partial charge in [0.2, 0.25) is 0 Å². The van der Waals surface area contributed by atoms with Crippen molar-refractivity contribution < 1.29 is 0 Å². The molecule has 2 aromatic rings.